The van der Waals surface area contributed by atoms with Crippen LogP contribution < -0.4 is 0 Å². The largest absolute Gasteiger partial charge is 0.370 e. The van der Waals surface area contributed by atoms with Crippen molar-refractivity contribution in [2.75, 3.05) is 6.61 Å². The first-order chi connectivity index (χ1) is 8.29. The van der Waals surface area contributed by atoms with Crippen molar-refractivity contribution in [2.24, 2.45) is 5.92 Å². The van der Waals surface area contributed by atoms with E-state index in [0.717, 1.165) is 24.5 Å². The third-order valence-electron chi connectivity index (χ3n) is 3.20. The van der Waals surface area contributed by atoms with Crippen molar-refractivity contribution in [1.29, 1.82) is 5.26 Å². The zero-order valence-corrected chi connectivity index (χ0v) is 9.50. The van der Waals surface area contributed by atoms with Gasteiger partial charge < -0.3 is 4.74 Å². The molecule has 3 rings (SSSR count). The first kappa shape index (κ1) is 10.2. The van der Waals surface area contributed by atoms with Gasteiger partial charge in [-0.05, 0) is 24.5 Å². The van der Waals surface area contributed by atoms with Crippen LogP contribution >= 0.6 is 0 Å². The summed E-state index contributed by atoms with van der Waals surface area (Å²) in [6, 6.07) is 5.66. The maximum absolute atomic E-state index is 8.91. The minimum Gasteiger partial charge on any atom is -0.370 e. The maximum Gasteiger partial charge on any atom is 0.166 e. The molecule has 3 heterocycles. The van der Waals surface area contributed by atoms with Gasteiger partial charge >= 0.3 is 0 Å². The van der Waals surface area contributed by atoms with E-state index in [2.05, 4.69) is 23.2 Å². The Labute approximate surface area is 98.6 Å². The molecule has 2 aromatic heterocycles. The van der Waals surface area contributed by atoms with Crippen molar-refractivity contribution < 1.29 is 4.74 Å². The van der Waals surface area contributed by atoms with Crippen LogP contribution in [0, 0.1) is 17.2 Å². The van der Waals surface area contributed by atoms with Crippen LogP contribution in [0.5, 0.6) is 0 Å². The summed E-state index contributed by atoms with van der Waals surface area (Å²) < 4.78 is 7.54. The maximum atomic E-state index is 8.91. The van der Waals surface area contributed by atoms with E-state index in [0.29, 0.717) is 11.5 Å². The van der Waals surface area contributed by atoms with E-state index in [1.54, 1.807) is 18.3 Å². The van der Waals surface area contributed by atoms with Crippen LogP contribution in [0.3, 0.4) is 0 Å². The Morgan fingerprint density at radius 3 is 3.06 bits per heavy atom. The molecule has 0 N–H and O–H groups in total. The minimum atomic E-state index is -0.0149. The highest BCUT2D eigenvalue weighted by Gasteiger charge is 2.29. The number of pyridine rings is 1. The van der Waals surface area contributed by atoms with E-state index in [9.17, 15) is 0 Å². The summed E-state index contributed by atoms with van der Waals surface area (Å²) in [6.45, 7) is 2.91. The second-order valence-corrected chi connectivity index (χ2v) is 4.37. The van der Waals surface area contributed by atoms with Crippen LogP contribution in [0.25, 0.3) is 5.65 Å². The Hall–Kier alpha value is -1.93. The van der Waals surface area contributed by atoms with E-state index in [1.807, 2.05) is 4.40 Å². The molecule has 0 bridgehead atoms. The van der Waals surface area contributed by atoms with Crippen LogP contribution in [-0.4, -0.2) is 21.2 Å². The lowest BCUT2D eigenvalue weighted by atomic mass is 10.0. The standard InChI is InChI=1S/C12H12N4O/c1-8-4-5-17-11(8)12-15-14-10-3-2-9(6-13)7-16(10)12/h2-3,7-8,11H,4-5H2,1H3. The molecule has 0 aliphatic carbocycles. The fraction of sp³-hybridized carbons (Fsp3) is 0.417. The molecule has 0 amide bonds. The molecule has 86 valence electrons. The average Bonchev–Trinajstić information content (AvgIpc) is 2.94. The van der Waals surface area contributed by atoms with Gasteiger partial charge in [0, 0.05) is 12.8 Å². The van der Waals surface area contributed by atoms with Gasteiger partial charge in [-0.15, -0.1) is 10.2 Å². The number of hydrogen-bond acceptors (Lipinski definition) is 4. The van der Waals surface area contributed by atoms with Gasteiger partial charge in [0.05, 0.1) is 5.56 Å². The van der Waals surface area contributed by atoms with E-state index in [-0.39, 0.29) is 6.10 Å². The molecule has 1 saturated heterocycles. The lowest BCUT2D eigenvalue weighted by Gasteiger charge is -2.12. The Kier molecular flexibility index (Phi) is 2.30. The van der Waals surface area contributed by atoms with Crippen molar-refractivity contribution in [1.82, 2.24) is 14.6 Å². The van der Waals surface area contributed by atoms with Gasteiger partial charge in [-0.1, -0.05) is 6.92 Å². The predicted molar refractivity (Wildman–Crippen MR) is 60.2 cm³/mol. The molecule has 0 radical (unpaired) electrons. The summed E-state index contributed by atoms with van der Waals surface area (Å²) in [4.78, 5) is 0. The number of rotatable bonds is 1. The monoisotopic (exact) mass is 228 g/mol. The predicted octanol–water partition coefficient (Wildman–Crippen LogP) is 1.70. The number of nitriles is 1. The zero-order valence-electron chi connectivity index (χ0n) is 9.50. The molecule has 0 saturated carbocycles. The van der Waals surface area contributed by atoms with E-state index in [1.165, 1.54) is 0 Å². The van der Waals surface area contributed by atoms with E-state index >= 15 is 0 Å². The molecule has 0 aromatic carbocycles. The normalized spacial score (nSPS) is 24.0. The Balaban J connectivity index is 2.13. The third kappa shape index (κ3) is 1.58. The van der Waals surface area contributed by atoms with Crippen LogP contribution in [-0.2, 0) is 4.74 Å². The highest BCUT2D eigenvalue weighted by Crippen LogP contribution is 2.33. The van der Waals surface area contributed by atoms with Crippen LogP contribution in [0.4, 0.5) is 0 Å². The SMILES string of the molecule is CC1CCOC1c1nnc2ccc(C#N)cn12. The first-order valence-electron chi connectivity index (χ1n) is 5.66. The molecule has 5 heteroatoms. The summed E-state index contributed by atoms with van der Waals surface area (Å²) in [5, 5.41) is 17.2. The van der Waals surface area contributed by atoms with Gasteiger partial charge in [-0.25, -0.2) is 0 Å². The number of ether oxygens (including phenoxy) is 1. The molecule has 17 heavy (non-hydrogen) atoms. The summed E-state index contributed by atoms with van der Waals surface area (Å²) in [5.41, 5.74) is 1.35. The topological polar surface area (TPSA) is 63.2 Å². The molecular formula is C12H12N4O. The second kappa shape index (κ2) is 3.82. The minimum absolute atomic E-state index is 0.0149. The van der Waals surface area contributed by atoms with Crippen LogP contribution in [0.2, 0.25) is 0 Å². The van der Waals surface area contributed by atoms with Gasteiger partial charge in [0.15, 0.2) is 11.5 Å². The Bertz CT molecular complexity index is 598. The lowest BCUT2D eigenvalue weighted by Crippen LogP contribution is -2.08. The van der Waals surface area contributed by atoms with Gasteiger partial charge in [-0.3, -0.25) is 4.40 Å². The molecule has 2 aromatic rings. The van der Waals surface area contributed by atoms with Gasteiger partial charge in [0.25, 0.3) is 0 Å². The smallest absolute Gasteiger partial charge is 0.166 e. The van der Waals surface area contributed by atoms with E-state index < -0.39 is 0 Å². The average molecular weight is 228 g/mol. The van der Waals surface area contributed by atoms with Crippen LogP contribution in [0.1, 0.15) is 30.8 Å². The number of nitrogens with zero attached hydrogens (tertiary/aromatic N) is 4. The van der Waals surface area contributed by atoms with Crippen molar-refractivity contribution >= 4 is 5.65 Å². The first-order valence-corrected chi connectivity index (χ1v) is 5.66. The molecule has 2 unspecified atom stereocenters. The summed E-state index contributed by atoms with van der Waals surface area (Å²) >= 11 is 0. The molecule has 1 aliphatic heterocycles. The van der Waals surface area contributed by atoms with Gasteiger partial charge in [-0.2, -0.15) is 5.26 Å². The number of aromatic nitrogens is 3. The third-order valence-corrected chi connectivity index (χ3v) is 3.20. The van der Waals surface area contributed by atoms with Crippen molar-refractivity contribution in [2.45, 2.75) is 19.4 Å². The van der Waals surface area contributed by atoms with Crippen molar-refractivity contribution in [3.63, 3.8) is 0 Å². The van der Waals surface area contributed by atoms with Crippen LogP contribution in [0.15, 0.2) is 18.3 Å². The molecule has 2 atom stereocenters. The highest BCUT2D eigenvalue weighted by molar-refractivity contribution is 5.42. The highest BCUT2D eigenvalue weighted by atomic mass is 16.5. The molecule has 0 spiro atoms. The number of fused-ring (bicyclic) bond motifs is 1. The Morgan fingerprint density at radius 2 is 2.35 bits per heavy atom. The lowest BCUT2D eigenvalue weighted by molar-refractivity contribution is 0.0865. The van der Waals surface area contributed by atoms with Gasteiger partial charge in [0.2, 0.25) is 0 Å². The fourth-order valence-corrected chi connectivity index (χ4v) is 2.19. The summed E-state index contributed by atoms with van der Waals surface area (Å²) in [7, 11) is 0. The Morgan fingerprint density at radius 1 is 1.47 bits per heavy atom. The second-order valence-electron chi connectivity index (χ2n) is 4.37. The molecule has 1 fully saturated rings. The van der Waals surface area contributed by atoms with E-state index in [4.69, 9.17) is 10.00 Å². The quantitative estimate of drug-likeness (QED) is 0.745. The fourth-order valence-electron chi connectivity index (χ4n) is 2.19. The molecule has 5 nitrogen and oxygen atoms in total. The van der Waals surface area contributed by atoms with Gasteiger partial charge in [0.1, 0.15) is 12.2 Å². The number of hydrogen-bond donors (Lipinski definition) is 0. The van der Waals surface area contributed by atoms with Crippen molar-refractivity contribution in [3.8, 4) is 6.07 Å². The molecule has 1 aliphatic rings. The molecular weight excluding hydrogens is 216 g/mol. The zero-order chi connectivity index (χ0) is 11.8. The summed E-state index contributed by atoms with van der Waals surface area (Å²) in [6.07, 6.45) is 2.79. The van der Waals surface area contributed by atoms with Crippen molar-refractivity contribution in [3.05, 3.63) is 29.7 Å². The summed E-state index contributed by atoms with van der Waals surface area (Å²) in [5.74, 6) is 1.23.